The Hall–Kier alpha value is -1.15. The lowest BCUT2D eigenvalue weighted by Gasteiger charge is -2.32. The van der Waals surface area contributed by atoms with Crippen molar-refractivity contribution in [3.8, 4) is 0 Å². The number of nitrogens with zero attached hydrogens (tertiary/aromatic N) is 4. The quantitative estimate of drug-likeness (QED) is 0.462. The minimum atomic E-state index is -0.476. The van der Waals surface area contributed by atoms with Gasteiger partial charge in [0.05, 0.1) is 39.2 Å². The van der Waals surface area contributed by atoms with Crippen molar-refractivity contribution in [2.75, 3.05) is 0 Å². The SMILES string of the molecule is CC1(C)OB(B2OC(C)(C)C(C)(C)O2)OC1(C)C.Cn1ccc(B2OC(C)(C)C(C)(C)O2)n1.Cn1ccc(Br)n1. The smallest absolute Gasteiger partial charge is 0.405 e. The largest absolute Gasteiger partial charge is 0.516 e. The summed E-state index contributed by atoms with van der Waals surface area (Å²) in [5, 5.41) is 8.23. The third-order valence-electron chi connectivity index (χ3n) is 8.68. The first-order chi connectivity index (χ1) is 18.0. The Balaban J connectivity index is 0.000000180. The molecule has 40 heavy (non-hydrogen) atoms. The van der Waals surface area contributed by atoms with Crippen LogP contribution in [0.4, 0.5) is 0 Å². The van der Waals surface area contributed by atoms with Gasteiger partial charge in [0.15, 0.2) is 0 Å². The van der Waals surface area contributed by atoms with Crippen LogP contribution < -0.4 is 5.59 Å². The number of hydrogen-bond donors (Lipinski definition) is 0. The van der Waals surface area contributed by atoms with Gasteiger partial charge in [0.25, 0.3) is 0 Å². The topological polar surface area (TPSA) is 91.0 Å². The first kappa shape index (κ1) is 33.4. The maximum Gasteiger partial charge on any atom is 0.516 e. The minimum absolute atomic E-state index is 0.296. The zero-order chi connectivity index (χ0) is 30.5. The monoisotopic (exact) mass is 622 g/mol. The van der Waals surface area contributed by atoms with Gasteiger partial charge in [0, 0.05) is 26.5 Å². The highest BCUT2D eigenvalue weighted by molar-refractivity contribution is 9.10. The molecule has 5 rings (SSSR count). The molecular weight excluding hydrogens is 577 g/mol. The molecule has 3 saturated heterocycles. The van der Waals surface area contributed by atoms with Gasteiger partial charge in [-0.05, 0) is 111 Å². The summed E-state index contributed by atoms with van der Waals surface area (Å²) >= 11 is 3.20. The number of rotatable bonds is 2. The average molecular weight is 623 g/mol. The maximum absolute atomic E-state index is 5.96. The summed E-state index contributed by atoms with van der Waals surface area (Å²) in [6.07, 6.45) is 3.77. The van der Waals surface area contributed by atoms with E-state index in [1.807, 2.05) is 122 Å². The molecule has 0 bridgehead atoms. The molecule has 0 N–H and O–H groups in total. The van der Waals surface area contributed by atoms with Crippen molar-refractivity contribution < 1.29 is 27.9 Å². The van der Waals surface area contributed by atoms with Crippen LogP contribution in [0.25, 0.3) is 0 Å². The summed E-state index contributed by atoms with van der Waals surface area (Å²) in [6, 6.07) is 3.81. The Kier molecular flexibility index (Phi) is 9.31. The lowest BCUT2D eigenvalue weighted by molar-refractivity contribution is 0.00578. The van der Waals surface area contributed by atoms with Gasteiger partial charge in [0.1, 0.15) is 4.60 Å². The van der Waals surface area contributed by atoms with Crippen molar-refractivity contribution in [3.63, 3.8) is 0 Å². The first-order valence-corrected chi connectivity index (χ1v) is 14.5. The molecule has 3 aliphatic rings. The summed E-state index contributed by atoms with van der Waals surface area (Å²) in [6.45, 7) is 24.4. The van der Waals surface area contributed by atoms with Crippen molar-refractivity contribution in [1.29, 1.82) is 0 Å². The third kappa shape index (κ3) is 7.07. The van der Waals surface area contributed by atoms with Crippen LogP contribution in [0.2, 0.25) is 0 Å². The summed E-state index contributed by atoms with van der Waals surface area (Å²) in [5.41, 5.74) is -1.20. The first-order valence-electron chi connectivity index (χ1n) is 13.7. The van der Waals surface area contributed by atoms with Gasteiger partial charge >= 0.3 is 21.1 Å². The molecule has 10 nitrogen and oxygen atoms in total. The fourth-order valence-electron chi connectivity index (χ4n) is 3.91. The molecule has 0 spiro atoms. The summed E-state index contributed by atoms with van der Waals surface area (Å²) in [5.74, 6) is 0. The Labute approximate surface area is 249 Å². The summed E-state index contributed by atoms with van der Waals surface area (Å²) in [7, 11) is 2.46. The molecule has 2 aromatic rings. The standard InChI is InChI=1S/C12H24B2O4.C10H17BN2O2.C4H5BrN2/c1-9(2)10(3,4)16-13(15-9)14-17-11(5,6)12(7,8)18-14;1-9(2)10(3,4)15-11(14-9)8-6-7-13(5)12-8;1-7-3-2-4(5)6-7/h1-8H3;6-7H,1-5H3;2-3H,1H3. The normalized spacial score (nSPS) is 24.8. The molecule has 5 heterocycles. The molecule has 3 aliphatic heterocycles. The number of aromatic nitrogens is 4. The molecule has 0 unspecified atom stereocenters. The molecule has 222 valence electrons. The van der Waals surface area contributed by atoms with Gasteiger partial charge < -0.3 is 27.9 Å². The predicted molar refractivity (Wildman–Crippen MR) is 162 cm³/mol. The number of aryl methyl sites for hydroxylation is 2. The van der Waals surface area contributed by atoms with Crippen LogP contribution in [0.3, 0.4) is 0 Å². The van der Waals surface area contributed by atoms with Crippen molar-refractivity contribution in [1.82, 2.24) is 19.6 Å². The van der Waals surface area contributed by atoms with Gasteiger partial charge in [-0.2, -0.15) is 10.2 Å². The highest BCUT2D eigenvalue weighted by atomic mass is 79.9. The van der Waals surface area contributed by atoms with Crippen LogP contribution >= 0.6 is 15.9 Å². The van der Waals surface area contributed by atoms with Crippen molar-refractivity contribution in [2.45, 2.75) is 117 Å². The average Bonchev–Trinajstić information content (AvgIpc) is 3.52. The van der Waals surface area contributed by atoms with E-state index in [1.165, 1.54) is 0 Å². The minimum Gasteiger partial charge on any atom is -0.405 e. The Morgan fingerprint density at radius 3 is 1.12 bits per heavy atom. The molecule has 0 saturated carbocycles. The fraction of sp³-hybridized carbons (Fsp3) is 0.769. The number of halogens is 1. The zero-order valence-electron chi connectivity index (χ0n) is 26.7. The highest BCUT2D eigenvalue weighted by Crippen LogP contribution is 2.43. The van der Waals surface area contributed by atoms with E-state index in [1.54, 1.807) is 9.36 Å². The summed E-state index contributed by atoms with van der Waals surface area (Å²) in [4.78, 5) is 0. The van der Waals surface area contributed by atoms with Gasteiger partial charge in [-0.15, -0.1) is 0 Å². The molecular formula is C26H46B3BrN4O6. The van der Waals surface area contributed by atoms with E-state index in [2.05, 4.69) is 26.1 Å². The number of hydrogen-bond acceptors (Lipinski definition) is 8. The third-order valence-corrected chi connectivity index (χ3v) is 9.10. The van der Waals surface area contributed by atoms with Gasteiger partial charge in [-0.1, -0.05) is 0 Å². The molecule has 0 radical (unpaired) electrons. The second-order valence-electron chi connectivity index (χ2n) is 13.6. The molecule has 0 aromatic carbocycles. The van der Waals surface area contributed by atoms with Crippen LogP contribution in [0.15, 0.2) is 29.1 Å². The van der Waals surface area contributed by atoms with Crippen molar-refractivity contribution in [2.24, 2.45) is 14.1 Å². The molecule has 0 atom stereocenters. The van der Waals surface area contributed by atoms with E-state index < -0.39 is 14.0 Å². The van der Waals surface area contributed by atoms with E-state index in [-0.39, 0.29) is 40.7 Å². The molecule has 3 fully saturated rings. The van der Waals surface area contributed by atoms with Crippen LogP contribution in [0.5, 0.6) is 0 Å². The van der Waals surface area contributed by atoms with Gasteiger partial charge in [-0.3, -0.25) is 9.36 Å². The second-order valence-corrected chi connectivity index (χ2v) is 14.4. The van der Waals surface area contributed by atoms with Crippen molar-refractivity contribution >= 4 is 42.7 Å². The Bertz CT molecular complexity index is 1070. The molecule has 0 amide bonds. The van der Waals surface area contributed by atoms with E-state index in [4.69, 9.17) is 27.9 Å². The Morgan fingerprint density at radius 2 is 0.875 bits per heavy atom. The maximum atomic E-state index is 5.96. The molecule has 0 aliphatic carbocycles. The lowest BCUT2D eigenvalue weighted by atomic mass is 9.49. The lowest BCUT2D eigenvalue weighted by Crippen LogP contribution is -2.41. The van der Waals surface area contributed by atoms with Crippen LogP contribution in [0, 0.1) is 0 Å². The van der Waals surface area contributed by atoms with Crippen LogP contribution in [0.1, 0.15) is 83.1 Å². The highest BCUT2D eigenvalue weighted by Gasteiger charge is 2.63. The van der Waals surface area contributed by atoms with E-state index in [0.29, 0.717) is 0 Å². The summed E-state index contributed by atoms with van der Waals surface area (Å²) < 4.78 is 40.0. The van der Waals surface area contributed by atoms with E-state index in [0.717, 1.165) is 10.2 Å². The Morgan fingerprint density at radius 1 is 0.550 bits per heavy atom. The van der Waals surface area contributed by atoms with Crippen molar-refractivity contribution in [3.05, 3.63) is 29.1 Å². The van der Waals surface area contributed by atoms with E-state index >= 15 is 0 Å². The van der Waals surface area contributed by atoms with Gasteiger partial charge in [-0.25, -0.2) is 0 Å². The molecule has 2 aromatic heterocycles. The second kappa shape index (κ2) is 11.2. The van der Waals surface area contributed by atoms with Crippen LogP contribution in [-0.2, 0) is 42.0 Å². The predicted octanol–water partition coefficient (Wildman–Crippen LogP) is 4.15. The van der Waals surface area contributed by atoms with Gasteiger partial charge in [0.2, 0.25) is 0 Å². The fourth-order valence-corrected chi connectivity index (χ4v) is 4.28. The molecule has 14 heteroatoms. The van der Waals surface area contributed by atoms with Crippen LogP contribution in [-0.4, -0.2) is 74.3 Å². The zero-order valence-corrected chi connectivity index (χ0v) is 28.2. The van der Waals surface area contributed by atoms with E-state index in [9.17, 15) is 0 Å².